The number of phenolic OH excluding ortho intramolecular Hbond substituents is 1. The van der Waals surface area contributed by atoms with Crippen molar-refractivity contribution in [3.8, 4) is 40.4 Å². The van der Waals surface area contributed by atoms with Crippen LogP contribution in [0, 0.1) is 61.9 Å². The Morgan fingerprint density at radius 2 is 0.982 bits per heavy atom. The van der Waals surface area contributed by atoms with Crippen molar-refractivity contribution >= 4 is 40.7 Å². The second-order valence-electron chi connectivity index (χ2n) is 27.8. The number of allylic oxidation sites excluding steroid dienone is 1. The maximum atomic E-state index is 10.4. The summed E-state index contributed by atoms with van der Waals surface area (Å²) in [5.41, 5.74) is 22.7. The molecule has 21 nitrogen and oxygen atoms in total. The van der Waals surface area contributed by atoms with Crippen LogP contribution >= 0.6 is 0 Å². The minimum atomic E-state index is -0.750. The van der Waals surface area contributed by atoms with E-state index in [1.54, 1.807) is 49.6 Å². The minimum Gasteiger partial charge on any atom is -0.850 e. The van der Waals surface area contributed by atoms with Gasteiger partial charge in [0.25, 0.3) is 25.0 Å². The third kappa shape index (κ3) is 29.2. The van der Waals surface area contributed by atoms with Crippen molar-refractivity contribution in [3.63, 3.8) is 0 Å². The number of nitrogens with two attached hydrogens (primary N) is 2. The molecule has 574 valence electrons. The molecule has 1 aliphatic carbocycles. The van der Waals surface area contributed by atoms with Gasteiger partial charge in [-0.3, -0.25) is 23.7 Å². The van der Waals surface area contributed by atoms with Crippen LogP contribution < -0.4 is 92.4 Å². The van der Waals surface area contributed by atoms with Gasteiger partial charge in [-0.2, -0.15) is 5.26 Å². The van der Waals surface area contributed by atoms with Crippen molar-refractivity contribution in [2.45, 2.75) is 129 Å². The van der Waals surface area contributed by atoms with Gasteiger partial charge in [-0.05, 0) is 176 Å². The number of nitrogens with one attached hydrogen (secondary N) is 1. The number of aromatic nitrogens is 2. The normalized spacial score (nSPS) is 14.5. The Balaban J connectivity index is 0.000000196. The van der Waals surface area contributed by atoms with Crippen LogP contribution in [0.4, 0.5) is 34.4 Å². The number of hydrogen-bond acceptors (Lipinski definition) is 14. The summed E-state index contributed by atoms with van der Waals surface area (Å²) in [4.78, 5) is 30.1. The molecule has 0 spiro atoms. The van der Waals surface area contributed by atoms with Crippen LogP contribution in [-0.4, -0.2) is 79.1 Å². The van der Waals surface area contributed by atoms with Crippen molar-refractivity contribution in [1.29, 1.82) is 5.26 Å². The Hall–Kier alpha value is -10.7. The monoisotopic (exact) mass is 1530 g/mol. The number of anilines is 4. The Kier molecular flexibility index (Phi) is 38.1. The second kappa shape index (κ2) is 48.2. The van der Waals surface area contributed by atoms with Crippen LogP contribution in [0.2, 0.25) is 0 Å². The standard InChI is InChI=1S/C24H25N3O.C23H23N3O2.C16H17N3O2.C15H14N2O.C8H11NO2.C4H9O.K/c1-25-19-27(17-24(26-2)21-11-7-4-8-12-21)22-13-15-23(16-14-22)28-18-20-9-5-3-6-10-20;1-25-23-22(24)21(18-11-13-27-14-12-18)15-26(23)19-7-9-20(10-8-19)28-16-17-5-3-2-4-6-17;1-18-16-15(17)14(11-6-8-21-9-7-11)10-19(16)12-2-4-13(20)5-3-12;1-16-12-17-14-7-9-15(10-8-14)18-11-13-5-3-2-4-6-13;9-5-8(6-10)7-1-3-11-4-2-7;1-4(2,3)5;/h3,5-6,9-10,13-17,21H,4,7-8,11-12,18-19H2;2-10,15,18H,11-14,16,24H2;2-5,10-11,20H,6-9,17H2;2-10,17H,11-12H2;6-8H,1-4H2;1-3H3;/q;;;;;-1;+1/b24-17-;;;;;;. The van der Waals surface area contributed by atoms with Gasteiger partial charge >= 0.3 is 51.4 Å². The molecule has 9 aromatic rings. The summed E-state index contributed by atoms with van der Waals surface area (Å²) in [6.45, 7) is 47.9. The fraction of sp³-hybridized carbons (Fsp3) is 0.344. The number of phenols is 1. The van der Waals surface area contributed by atoms with E-state index in [1.807, 2.05) is 198 Å². The molecule has 1 atom stereocenters. The minimum absolute atomic E-state index is 0. The number of hydrogen-bond donors (Lipinski definition) is 4. The number of aldehydes is 1. The summed E-state index contributed by atoms with van der Waals surface area (Å²) in [6, 6.07) is 62.0. The van der Waals surface area contributed by atoms with Crippen molar-refractivity contribution in [2.75, 3.05) is 74.7 Å². The van der Waals surface area contributed by atoms with Gasteiger partial charge in [-0.25, -0.2) is 18.0 Å². The Labute approximate surface area is 702 Å². The van der Waals surface area contributed by atoms with Gasteiger partial charge < -0.3 is 69.9 Å². The molecule has 3 aliphatic heterocycles. The van der Waals surface area contributed by atoms with Crippen molar-refractivity contribution in [2.24, 2.45) is 17.8 Å². The zero-order valence-electron chi connectivity index (χ0n) is 64.5. The van der Waals surface area contributed by atoms with E-state index >= 15 is 0 Å². The van der Waals surface area contributed by atoms with Gasteiger partial charge in [0.05, 0.1) is 36.4 Å². The van der Waals surface area contributed by atoms with E-state index < -0.39 is 11.5 Å². The van der Waals surface area contributed by atoms with Crippen molar-refractivity contribution in [1.82, 2.24) is 9.13 Å². The molecule has 3 saturated heterocycles. The first kappa shape index (κ1) is 88.5. The molecular formula is C90H99KN12O9. The van der Waals surface area contributed by atoms with Gasteiger partial charge in [0.15, 0.2) is 5.70 Å². The number of rotatable bonds is 21. The summed E-state index contributed by atoms with van der Waals surface area (Å²) in [5, 5.41) is 31.0. The predicted molar refractivity (Wildman–Crippen MR) is 434 cm³/mol. The van der Waals surface area contributed by atoms with E-state index in [0.717, 1.165) is 158 Å². The predicted octanol–water partition coefficient (Wildman–Crippen LogP) is 16.0. The first-order chi connectivity index (χ1) is 54.0. The molecule has 112 heavy (non-hydrogen) atoms. The summed E-state index contributed by atoms with van der Waals surface area (Å²) < 4.78 is 37.0. The molecule has 0 amide bonds. The smallest absolute Gasteiger partial charge is 0.850 e. The molecular weight excluding hydrogens is 1430 g/mol. The molecule has 22 heteroatoms. The number of ether oxygens (including phenoxy) is 6. The zero-order valence-corrected chi connectivity index (χ0v) is 67.7. The Bertz CT molecular complexity index is 4560. The van der Waals surface area contributed by atoms with Crippen LogP contribution in [0.3, 0.4) is 0 Å². The number of benzene rings is 7. The van der Waals surface area contributed by atoms with Crippen LogP contribution in [0.15, 0.2) is 212 Å². The van der Waals surface area contributed by atoms with Crippen LogP contribution in [0.5, 0.6) is 23.0 Å². The van der Waals surface area contributed by atoms with Gasteiger partial charge in [0.1, 0.15) is 66.4 Å². The molecule has 4 fully saturated rings. The summed E-state index contributed by atoms with van der Waals surface area (Å²) in [6.07, 6.45) is 17.8. The quantitative estimate of drug-likeness (QED) is 0.0297. The molecule has 4 aliphatic rings. The van der Waals surface area contributed by atoms with Crippen LogP contribution in [0.1, 0.15) is 131 Å². The van der Waals surface area contributed by atoms with Crippen LogP contribution in [0.25, 0.3) is 35.6 Å². The molecule has 1 unspecified atom stereocenters. The molecule has 1 saturated carbocycles. The van der Waals surface area contributed by atoms with Crippen LogP contribution in [-0.2, 0) is 38.8 Å². The number of nitriles is 1. The fourth-order valence-corrected chi connectivity index (χ4v) is 12.8. The topological polar surface area (TPSA) is 238 Å². The van der Waals surface area contributed by atoms with Crippen molar-refractivity contribution in [3.05, 3.63) is 297 Å². The van der Waals surface area contributed by atoms with E-state index in [0.29, 0.717) is 80.5 Å². The molecule has 0 bridgehead atoms. The van der Waals surface area contributed by atoms with E-state index in [4.69, 9.17) is 78.0 Å². The number of aromatic hydroxyl groups is 1. The molecule has 0 radical (unpaired) electrons. The zero-order chi connectivity index (χ0) is 79.0. The summed E-state index contributed by atoms with van der Waals surface area (Å²) >= 11 is 0. The van der Waals surface area contributed by atoms with E-state index in [-0.39, 0.29) is 69.7 Å². The molecule has 2 aromatic heterocycles. The third-order valence-corrected chi connectivity index (χ3v) is 18.7. The summed E-state index contributed by atoms with van der Waals surface area (Å²) in [7, 11) is 0. The van der Waals surface area contributed by atoms with Gasteiger partial charge in [-0.15, -0.1) is 5.60 Å². The average Bonchev–Trinajstić information content (AvgIpc) is 1.65. The molecule has 13 rings (SSSR count). The molecule has 5 heterocycles. The van der Waals surface area contributed by atoms with E-state index in [9.17, 15) is 15.0 Å². The maximum absolute atomic E-state index is 10.4. The fourth-order valence-electron chi connectivity index (χ4n) is 12.8. The van der Waals surface area contributed by atoms with Gasteiger partial charge in [-0.1, -0.05) is 157 Å². The number of carbonyl (C=O) groups is 1. The van der Waals surface area contributed by atoms with Crippen molar-refractivity contribution < 1.29 is 94.8 Å². The maximum Gasteiger partial charge on any atom is 1.00 e. The number of nitrogens with zero attached hydrogens (tertiary/aromatic N) is 9. The number of carbonyl (C=O) groups excluding carboxylic acids is 1. The summed E-state index contributed by atoms with van der Waals surface area (Å²) in [5.74, 6) is 4.35. The van der Waals surface area contributed by atoms with E-state index in [2.05, 4.69) is 29.5 Å². The molecule has 7 aromatic carbocycles. The van der Waals surface area contributed by atoms with Gasteiger partial charge in [0, 0.05) is 68.3 Å². The Morgan fingerprint density at radius 1 is 0.589 bits per heavy atom. The Morgan fingerprint density at radius 3 is 1.36 bits per heavy atom. The largest absolute Gasteiger partial charge is 1.00 e. The third-order valence-electron chi connectivity index (χ3n) is 18.7. The second-order valence-corrected chi connectivity index (χ2v) is 27.8. The SMILES string of the molecule is CC(C)(C)[O-].N#CC(C=O)C1CCOCC1.[C-]#[N+]CN(/C=C(\[N+]#[C-])C1CCCCC1)c1ccc(OCc2ccccc2)cc1.[C-]#[N+]CNc1ccc(OCc2ccccc2)cc1.[C-]#[N+]c1c(N)c(C2CCOCC2)cn1-c1ccc(O)cc1.[C-]#[N+]c1c(N)c(C2CCOCC2)cn1-c1ccc(OCc2ccccc2)cc1.[K+]. The van der Waals surface area contributed by atoms with E-state index in [1.165, 1.54) is 19.3 Å². The average molecular weight is 1530 g/mol. The number of nitrogen functional groups attached to an aromatic ring is 2. The first-order valence-corrected chi connectivity index (χ1v) is 37.4. The van der Waals surface area contributed by atoms with Gasteiger partial charge in [0.2, 0.25) is 0 Å². The first-order valence-electron chi connectivity index (χ1n) is 37.4. The molecule has 6 N–H and O–H groups in total.